The molecule has 0 aliphatic rings. The molecule has 0 fully saturated rings. The summed E-state index contributed by atoms with van der Waals surface area (Å²) in [5.41, 5.74) is -0.168. The highest BCUT2D eigenvalue weighted by Crippen LogP contribution is 2.21. The SMILES string of the molecule is CCC(C)(C#N)C(=O)Nc1cccc(C)n1. The number of nitriles is 1. The van der Waals surface area contributed by atoms with Crippen LogP contribution in [0.4, 0.5) is 5.82 Å². The highest BCUT2D eigenvalue weighted by molar-refractivity contribution is 5.96. The summed E-state index contributed by atoms with van der Waals surface area (Å²) in [7, 11) is 0. The number of carbonyl (C=O) groups excluding carboxylic acids is 1. The molecule has 1 N–H and O–H groups in total. The summed E-state index contributed by atoms with van der Waals surface area (Å²) in [5.74, 6) is 0.176. The van der Waals surface area contributed by atoms with E-state index in [0.717, 1.165) is 5.69 Å². The number of hydrogen-bond donors (Lipinski definition) is 1. The van der Waals surface area contributed by atoms with Crippen molar-refractivity contribution < 1.29 is 4.79 Å². The quantitative estimate of drug-likeness (QED) is 0.844. The first kappa shape index (κ1) is 12.2. The molecule has 1 unspecified atom stereocenters. The highest BCUT2D eigenvalue weighted by Gasteiger charge is 2.31. The van der Waals surface area contributed by atoms with Gasteiger partial charge in [-0.1, -0.05) is 13.0 Å². The number of amides is 1. The van der Waals surface area contributed by atoms with Crippen molar-refractivity contribution >= 4 is 11.7 Å². The summed E-state index contributed by atoms with van der Waals surface area (Å²) in [5, 5.41) is 11.6. The van der Waals surface area contributed by atoms with Crippen molar-refractivity contribution in [3.8, 4) is 6.07 Å². The van der Waals surface area contributed by atoms with Gasteiger partial charge in [0.2, 0.25) is 5.91 Å². The Morgan fingerprint density at radius 3 is 2.81 bits per heavy atom. The predicted molar refractivity (Wildman–Crippen MR) is 61.6 cm³/mol. The first-order valence-corrected chi connectivity index (χ1v) is 5.18. The maximum atomic E-state index is 11.8. The van der Waals surface area contributed by atoms with Crippen LogP contribution in [0.15, 0.2) is 18.2 Å². The van der Waals surface area contributed by atoms with Gasteiger partial charge < -0.3 is 5.32 Å². The Kier molecular flexibility index (Phi) is 3.62. The van der Waals surface area contributed by atoms with Gasteiger partial charge in [-0.05, 0) is 32.4 Å². The molecule has 4 heteroatoms. The van der Waals surface area contributed by atoms with Crippen LogP contribution in [-0.4, -0.2) is 10.9 Å². The van der Waals surface area contributed by atoms with Crippen LogP contribution in [0.5, 0.6) is 0 Å². The largest absolute Gasteiger partial charge is 0.309 e. The third-order valence-electron chi connectivity index (χ3n) is 2.58. The van der Waals surface area contributed by atoms with Crippen LogP contribution >= 0.6 is 0 Å². The monoisotopic (exact) mass is 217 g/mol. The molecular formula is C12H15N3O. The zero-order valence-corrected chi connectivity index (χ0v) is 9.74. The van der Waals surface area contributed by atoms with Gasteiger partial charge in [-0.25, -0.2) is 4.98 Å². The third kappa shape index (κ3) is 2.57. The van der Waals surface area contributed by atoms with Crippen LogP contribution < -0.4 is 5.32 Å². The second-order valence-electron chi connectivity index (χ2n) is 3.92. The number of hydrogen-bond acceptors (Lipinski definition) is 3. The van der Waals surface area contributed by atoms with Crippen molar-refractivity contribution in [2.75, 3.05) is 5.32 Å². The number of anilines is 1. The normalized spacial score (nSPS) is 13.6. The molecule has 0 saturated carbocycles. The Bertz CT molecular complexity index is 436. The van der Waals surface area contributed by atoms with Crippen LogP contribution in [0.1, 0.15) is 26.0 Å². The average molecular weight is 217 g/mol. The number of aromatic nitrogens is 1. The molecule has 0 saturated heterocycles. The van der Waals surface area contributed by atoms with Crippen molar-refractivity contribution in [3.05, 3.63) is 23.9 Å². The summed E-state index contributed by atoms with van der Waals surface area (Å²) in [6, 6.07) is 7.39. The van der Waals surface area contributed by atoms with Gasteiger partial charge in [0.25, 0.3) is 0 Å². The molecule has 1 rings (SSSR count). The topological polar surface area (TPSA) is 65.8 Å². The molecule has 84 valence electrons. The van der Waals surface area contributed by atoms with Crippen molar-refractivity contribution in [1.29, 1.82) is 5.26 Å². The zero-order chi connectivity index (χ0) is 12.2. The lowest BCUT2D eigenvalue weighted by atomic mass is 9.88. The molecule has 1 heterocycles. The second-order valence-corrected chi connectivity index (χ2v) is 3.92. The van der Waals surface area contributed by atoms with Crippen LogP contribution in [0.25, 0.3) is 0 Å². The van der Waals surface area contributed by atoms with E-state index in [1.54, 1.807) is 13.0 Å². The van der Waals surface area contributed by atoms with Crippen LogP contribution in [-0.2, 0) is 4.79 Å². The number of rotatable bonds is 3. The lowest BCUT2D eigenvalue weighted by Gasteiger charge is -2.18. The number of nitrogens with zero attached hydrogens (tertiary/aromatic N) is 2. The Hall–Kier alpha value is -1.89. The number of aryl methyl sites for hydroxylation is 1. The van der Waals surface area contributed by atoms with Crippen molar-refractivity contribution in [2.24, 2.45) is 5.41 Å². The first-order valence-electron chi connectivity index (χ1n) is 5.18. The standard InChI is InChI=1S/C12H15N3O/c1-4-12(3,8-13)11(16)15-10-7-5-6-9(2)14-10/h5-7H,4H2,1-3H3,(H,14,15,16). The van der Waals surface area contributed by atoms with Gasteiger partial charge in [0, 0.05) is 5.69 Å². The third-order valence-corrected chi connectivity index (χ3v) is 2.58. The van der Waals surface area contributed by atoms with E-state index in [0.29, 0.717) is 12.2 Å². The van der Waals surface area contributed by atoms with E-state index >= 15 is 0 Å². The smallest absolute Gasteiger partial charge is 0.245 e. The van der Waals surface area contributed by atoms with Gasteiger partial charge in [-0.15, -0.1) is 0 Å². The Balaban J connectivity index is 2.83. The van der Waals surface area contributed by atoms with Crippen LogP contribution in [0, 0.1) is 23.7 Å². The zero-order valence-electron chi connectivity index (χ0n) is 9.74. The lowest BCUT2D eigenvalue weighted by Crippen LogP contribution is -2.31. The molecule has 4 nitrogen and oxygen atoms in total. The molecule has 0 aliphatic heterocycles. The summed E-state index contributed by atoms with van der Waals surface area (Å²) in [6.07, 6.45) is 0.473. The molecule has 0 aliphatic carbocycles. The maximum Gasteiger partial charge on any atom is 0.245 e. The fraction of sp³-hybridized carbons (Fsp3) is 0.417. The number of nitrogens with one attached hydrogen (secondary N) is 1. The first-order chi connectivity index (χ1) is 7.51. The minimum absolute atomic E-state index is 0.310. The fourth-order valence-electron chi connectivity index (χ4n) is 1.16. The molecule has 0 radical (unpaired) electrons. The minimum Gasteiger partial charge on any atom is -0.309 e. The molecule has 0 aromatic carbocycles. The molecule has 0 bridgehead atoms. The van der Waals surface area contributed by atoms with E-state index in [2.05, 4.69) is 10.3 Å². The highest BCUT2D eigenvalue weighted by atomic mass is 16.2. The second kappa shape index (κ2) is 4.75. The summed E-state index contributed by atoms with van der Waals surface area (Å²) in [4.78, 5) is 16.0. The molecular weight excluding hydrogens is 202 g/mol. The predicted octanol–water partition coefficient (Wildman–Crippen LogP) is 2.27. The van der Waals surface area contributed by atoms with Gasteiger partial charge in [0.1, 0.15) is 11.2 Å². The lowest BCUT2D eigenvalue weighted by molar-refractivity contribution is -0.122. The van der Waals surface area contributed by atoms with Gasteiger partial charge >= 0.3 is 0 Å². The van der Waals surface area contributed by atoms with E-state index in [9.17, 15) is 4.79 Å². The average Bonchev–Trinajstić information content (AvgIpc) is 2.28. The summed E-state index contributed by atoms with van der Waals surface area (Å²) in [6.45, 7) is 5.28. The van der Waals surface area contributed by atoms with Crippen molar-refractivity contribution in [1.82, 2.24) is 4.98 Å². The molecule has 1 aromatic heterocycles. The van der Waals surface area contributed by atoms with Crippen molar-refractivity contribution in [2.45, 2.75) is 27.2 Å². The Labute approximate surface area is 95.3 Å². The Morgan fingerprint density at radius 1 is 1.62 bits per heavy atom. The molecule has 0 spiro atoms. The van der Waals surface area contributed by atoms with E-state index < -0.39 is 5.41 Å². The molecule has 16 heavy (non-hydrogen) atoms. The van der Waals surface area contributed by atoms with Gasteiger partial charge in [0.15, 0.2) is 0 Å². The van der Waals surface area contributed by atoms with E-state index in [4.69, 9.17) is 5.26 Å². The molecule has 1 aromatic rings. The van der Waals surface area contributed by atoms with Crippen LogP contribution in [0.3, 0.4) is 0 Å². The number of pyridine rings is 1. The van der Waals surface area contributed by atoms with Gasteiger partial charge in [0.05, 0.1) is 6.07 Å². The maximum absolute atomic E-state index is 11.8. The van der Waals surface area contributed by atoms with E-state index in [1.807, 2.05) is 32.0 Å². The van der Waals surface area contributed by atoms with Crippen LogP contribution in [0.2, 0.25) is 0 Å². The van der Waals surface area contributed by atoms with E-state index in [-0.39, 0.29) is 5.91 Å². The van der Waals surface area contributed by atoms with Gasteiger partial charge in [-0.3, -0.25) is 4.79 Å². The minimum atomic E-state index is -0.995. The molecule has 1 amide bonds. The van der Waals surface area contributed by atoms with Gasteiger partial charge in [-0.2, -0.15) is 5.26 Å². The Morgan fingerprint density at radius 2 is 2.31 bits per heavy atom. The summed E-state index contributed by atoms with van der Waals surface area (Å²) >= 11 is 0. The van der Waals surface area contributed by atoms with E-state index in [1.165, 1.54) is 0 Å². The number of carbonyl (C=O) groups is 1. The van der Waals surface area contributed by atoms with Crippen molar-refractivity contribution in [3.63, 3.8) is 0 Å². The molecule has 1 atom stereocenters. The fourth-order valence-corrected chi connectivity index (χ4v) is 1.16. The summed E-state index contributed by atoms with van der Waals surface area (Å²) < 4.78 is 0.